The topological polar surface area (TPSA) is 69.3 Å². The maximum absolute atomic E-state index is 14.9. The summed E-state index contributed by atoms with van der Waals surface area (Å²) in [5, 5.41) is 0.114. The molecule has 1 amide bonds. The third-order valence-corrected chi connectivity index (χ3v) is 6.74. The van der Waals surface area contributed by atoms with Crippen molar-refractivity contribution in [3.8, 4) is 11.3 Å². The monoisotopic (exact) mass is 482 g/mol. The molecule has 0 unspecified atom stereocenters. The molecule has 0 saturated carbocycles. The number of amides is 1. The lowest BCUT2D eigenvalue weighted by Gasteiger charge is -2.41. The SMILES string of the molecule is CC=C(c1ccccc1)N1CCN(C(=O)C(=O)c2c[nH]c3c(-c4ccccn4)ccc(F)c23)[C@@H](C)C1. The number of ketones is 1. The molecule has 1 fully saturated rings. The highest BCUT2D eigenvalue weighted by molar-refractivity contribution is 6.45. The summed E-state index contributed by atoms with van der Waals surface area (Å²) in [6, 6.07) is 18.3. The van der Waals surface area contributed by atoms with E-state index < -0.39 is 17.5 Å². The molecule has 0 spiro atoms. The minimum atomic E-state index is -0.715. The molecule has 6 nitrogen and oxygen atoms in total. The van der Waals surface area contributed by atoms with Crippen LogP contribution < -0.4 is 0 Å². The molecule has 182 valence electrons. The summed E-state index contributed by atoms with van der Waals surface area (Å²) >= 11 is 0. The van der Waals surface area contributed by atoms with Gasteiger partial charge in [0.2, 0.25) is 0 Å². The fourth-order valence-corrected chi connectivity index (χ4v) is 4.99. The molecule has 1 saturated heterocycles. The fraction of sp³-hybridized carbons (Fsp3) is 0.207. The largest absolute Gasteiger partial charge is 0.367 e. The first kappa shape index (κ1) is 23.5. The number of Topliss-reactive ketones (excluding diaryl/α,β-unsaturated/α-hetero) is 1. The summed E-state index contributed by atoms with van der Waals surface area (Å²) in [4.78, 5) is 37.8. The van der Waals surface area contributed by atoms with Crippen LogP contribution in [0.3, 0.4) is 0 Å². The highest BCUT2D eigenvalue weighted by Crippen LogP contribution is 2.31. The van der Waals surface area contributed by atoms with Crippen molar-refractivity contribution >= 4 is 28.3 Å². The van der Waals surface area contributed by atoms with Gasteiger partial charge in [-0.25, -0.2) is 4.39 Å². The van der Waals surface area contributed by atoms with Crippen LogP contribution in [-0.4, -0.2) is 57.1 Å². The number of piperazine rings is 1. The number of aromatic amines is 1. The molecule has 7 heteroatoms. The molecule has 0 aliphatic carbocycles. The van der Waals surface area contributed by atoms with Crippen LogP contribution in [0.25, 0.3) is 27.9 Å². The van der Waals surface area contributed by atoms with Gasteiger partial charge < -0.3 is 14.8 Å². The third-order valence-electron chi connectivity index (χ3n) is 6.74. The first-order valence-corrected chi connectivity index (χ1v) is 12.0. The molecule has 3 heterocycles. The van der Waals surface area contributed by atoms with Crippen LogP contribution in [0.4, 0.5) is 4.39 Å². The van der Waals surface area contributed by atoms with Crippen molar-refractivity contribution in [1.82, 2.24) is 19.8 Å². The van der Waals surface area contributed by atoms with Crippen molar-refractivity contribution < 1.29 is 14.0 Å². The van der Waals surface area contributed by atoms with Crippen molar-refractivity contribution in [2.75, 3.05) is 19.6 Å². The fourth-order valence-electron chi connectivity index (χ4n) is 4.99. The Morgan fingerprint density at radius 3 is 2.53 bits per heavy atom. The number of rotatable bonds is 5. The van der Waals surface area contributed by atoms with Crippen LogP contribution in [0.5, 0.6) is 0 Å². The van der Waals surface area contributed by atoms with Gasteiger partial charge in [-0.05, 0) is 43.7 Å². The number of carbonyl (C=O) groups excluding carboxylic acids is 2. The van der Waals surface area contributed by atoms with Gasteiger partial charge >= 0.3 is 0 Å². The molecule has 0 bridgehead atoms. The van der Waals surface area contributed by atoms with Gasteiger partial charge in [0.1, 0.15) is 5.82 Å². The summed E-state index contributed by atoms with van der Waals surface area (Å²) in [6.45, 7) is 5.53. The molecule has 1 N–H and O–H groups in total. The van der Waals surface area contributed by atoms with Crippen molar-refractivity contribution in [2.24, 2.45) is 0 Å². The normalized spacial score (nSPS) is 16.4. The second-order valence-electron chi connectivity index (χ2n) is 8.92. The van der Waals surface area contributed by atoms with Crippen LogP contribution >= 0.6 is 0 Å². The summed E-state index contributed by atoms with van der Waals surface area (Å²) < 4.78 is 14.9. The zero-order valence-electron chi connectivity index (χ0n) is 20.2. The van der Waals surface area contributed by atoms with E-state index in [9.17, 15) is 14.0 Å². The van der Waals surface area contributed by atoms with Crippen molar-refractivity contribution in [2.45, 2.75) is 19.9 Å². The number of fused-ring (bicyclic) bond motifs is 1. The number of nitrogens with zero attached hydrogens (tertiary/aromatic N) is 3. The number of benzene rings is 2. The van der Waals surface area contributed by atoms with E-state index in [-0.39, 0.29) is 17.0 Å². The number of carbonyl (C=O) groups is 2. The number of allylic oxidation sites excluding steroid dienone is 1. The Morgan fingerprint density at radius 2 is 1.83 bits per heavy atom. The van der Waals surface area contributed by atoms with Crippen LogP contribution in [0.1, 0.15) is 29.8 Å². The molecule has 0 radical (unpaired) electrons. The average Bonchev–Trinajstić information content (AvgIpc) is 3.36. The minimum Gasteiger partial charge on any atom is -0.367 e. The number of halogens is 1. The third kappa shape index (κ3) is 4.17. The molecule has 1 aliphatic heterocycles. The van der Waals surface area contributed by atoms with E-state index in [4.69, 9.17) is 0 Å². The maximum Gasteiger partial charge on any atom is 0.295 e. The molecular formula is C29H27FN4O2. The zero-order chi connectivity index (χ0) is 25.2. The van der Waals surface area contributed by atoms with E-state index in [1.54, 1.807) is 23.2 Å². The van der Waals surface area contributed by atoms with E-state index in [0.29, 0.717) is 36.4 Å². The van der Waals surface area contributed by atoms with Crippen LogP contribution in [-0.2, 0) is 4.79 Å². The first-order valence-electron chi connectivity index (χ1n) is 12.0. The van der Waals surface area contributed by atoms with E-state index in [2.05, 4.69) is 33.1 Å². The lowest BCUT2D eigenvalue weighted by atomic mass is 10.0. The van der Waals surface area contributed by atoms with Gasteiger partial charge in [-0.2, -0.15) is 0 Å². The molecule has 2 aromatic heterocycles. The Morgan fingerprint density at radius 1 is 1.06 bits per heavy atom. The summed E-state index contributed by atoms with van der Waals surface area (Å²) in [7, 11) is 0. The van der Waals surface area contributed by atoms with E-state index in [0.717, 1.165) is 11.3 Å². The van der Waals surface area contributed by atoms with Gasteiger partial charge in [-0.15, -0.1) is 0 Å². The number of pyridine rings is 1. The Hall–Kier alpha value is -4.26. The molecule has 36 heavy (non-hydrogen) atoms. The highest BCUT2D eigenvalue weighted by Gasteiger charge is 2.34. The second-order valence-corrected chi connectivity index (χ2v) is 8.92. The smallest absolute Gasteiger partial charge is 0.295 e. The van der Waals surface area contributed by atoms with Crippen molar-refractivity contribution in [3.63, 3.8) is 0 Å². The summed E-state index contributed by atoms with van der Waals surface area (Å²) in [5.74, 6) is -1.89. The summed E-state index contributed by atoms with van der Waals surface area (Å²) in [5.41, 5.74) is 4.02. The van der Waals surface area contributed by atoms with Crippen LogP contribution in [0.2, 0.25) is 0 Å². The quantitative estimate of drug-likeness (QED) is 0.316. The van der Waals surface area contributed by atoms with E-state index in [1.165, 1.54) is 12.3 Å². The van der Waals surface area contributed by atoms with Crippen molar-refractivity contribution in [1.29, 1.82) is 0 Å². The number of H-pyrrole nitrogens is 1. The molecular weight excluding hydrogens is 455 g/mol. The van der Waals surface area contributed by atoms with Crippen molar-refractivity contribution in [3.05, 3.63) is 96.1 Å². The predicted octanol–water partition coefficient (Wildman–Crippen LogP) is 5.15. The maximum atomic E-state index is 14.9. The second kappa shape index (κ2) is 9.77. The van der Waals surface area contributed by atoms with Gasteiger partial charge in [-0.3, -0.25) is 14.6 Å². The lowest BCUT2D eigenvalue weighted by molar-refractivity contribution is -0.130. The van der Waals surface area contributed by atoms with Gasteiger partial charge in [-0.1, -0.05) is 42.5 Å². The van der Waals surface area contributed by atoms with E-state index >= 15 is 0 Å². The van der Waals surface area contributed by atoms with Gasteiger partial charge in [0.15, 0.2) is 0 Å². The standard InChI is InChI=1S/C29H27FN4O2/c1-3-25(20-9-5-4-6-10-20)33-15-16-34(19(2)18-33)29(36)28(35)22-17-32-27-21(12-13-23(30)26(22)27)24-11-7-8-14-31-24/h3-14,17,19,32H,15-16,18H2,1-2H3/t19-/m0/s1. The zero-order valence-corrected chi connectivity index (χ0v) is 20.2. The number of nitrogens with one attached hydrogen (secondary N) is 1. The Kier molecular flexibility index (Phi) is 6.38. The van der Waals surface area contributed by atoms with E-state index in [1.807, 2.05) is 44.2 Å². The van der Waals surface area contributed by atoms with Crippen LogP contribution in [0.15, 0.2) is 79.1 Å². The van der Waals surface area contributed by atoms with Crippen LogP contribution in [0, 0.1) is 5.82 Å². The average molecular weight is 483 g/mol. The molecule has 2 aromatic carbocycles. The molecule has 1 atom stereocenters. The molecule has 5 rings (SSSR count). The number of hydrogen-bond acceptors (Lipinski definition) is 4. The Labute approximate surface area is 209 Å². The van der Waals surface area contributed by atoms with Gasteiger partial charge in [0.05, 0.1) is 16.8 Å². The number of hydrogen-bond donors (Lipinski definition) is 1. The number of aromatic nitrogens is 2. The van der Waals surface area contributed by atoms with Gasteiger partial charge in [0, 0.05) is 54.7 Å². The first-order chi connectivity index (χ1) is 17.5. The summed E-state index contributed by atoms with van der Waals surface area (Å²) in [6.07, 6.45) is 5.15. The van der Waals surface area contributed by atoms with Gasteiger partial charge in [0.25, 0.3) is 11.7 Å². The lowest BCUT2D eigenvalue weighted by Crippen LogP contribution is -2.54. The Bertz CT molecular complexity index is 1450. The highest BCUT2D eigenvalue weighted by atomic mass is 19.1. The predicted molar refractivity (Wildman–Crippen MR) is 139 cm³/mol. The minimum absolute atomic E-state index is 0.0401. The Balaban J connectivity index is 1.39. The molecule has 1 aliphatic rings. The molecule has 4 aromatic rings.